The maximum absolute atomic E-state index is 12.6. The van der Waals surface area contributed by atoms with Crippen LogP contribution in [0, 0.1) is 0 Å². The van der Waals surface area contributed by atoms with E-state index in [4.69, 9.17) is 4.74 Å². The SMILES string of the molecule is C=CCn1c(=O)c(N/N=C/c2ccccc2OC)nc2ccccc21. The van der Waals surface area contributed by atoms with Gasteiger partial charge in [-0.05, 0) is 24.3 Å². The lowest BCUT2D eigenvalue weighted by atomic mass is 10.2. The zero-order valence-corrected chi connectivity index (χ0v) is 13.8. The van der Waals surface area contributed by atoms with Gasteiger partial charge >= 0.3 is 0 Å². The minimum atomic E-state index is -0.254. The van der Waals surface area contributed by atoms with Crippen LogP contribution in [0.1, 0.15) is 5.56 Å². The molecule has 1 aromatic heterocycles. The fourth-order valence-corrected chi connectivity index (χ4v) is 2.51. The van der Waals surface area contributed by atoms with Gasteiger partial charge in [0, 0.05) is 12.1 Å². The average Bonchev–Trinajstić information content (AvgIpc) is 2.65. The highest BCUT2D eigenvalue weighted by Gasteiger charge is 2.09. The molecule has 126 valence electrons. The standard InChI is InChI=1S/C19H18N4O2/c1-3-12-23-16-10-6-5-9-15(16)21-18(19(23)24)22-20-13-14-8-4-7-11-17(14)25-2/h3-11,13H,1,12H2,2H3,(H,21,22)/b20-13+. The first kappa shape index (κ1) is 16.4. The Balaban J connectivity index is 1.96. The number of rotatable bonds is 6. The van der Waals surface area contributed by atoms with Crippen molar-refractivity contribution in [2.24, 2.45) is 5.10 Å². The van der Waals surface area contributed by atoms with Gasteiger partial charge in [0.1, 0.15) is 5.75 Å². The quantitative estimate of drug-likeness (QED) is 0.427. The molecular formula is C19H18N4O2. The maximum atomic E-state index is 12.6. The first-order valence-electron chi connectivity index (χ1n) is 7.77. The van der Waals surface area contributed by atoms with Gasteiger partial charge in [-0.1, -0.05) is 30.3 Å². The van der Waals surface area contributed by atoms with Crippen molar-refractivity contribution < 1.29 is 4.74 Å². The summed E-state index contributed by atoms with van der Waals surface area (Å²) in [5, 5.41) is 4.13. The van der Waals surface area contributed by atoms with Gasteiger partial charge in [0.15, 0.2) is 0 Å². The molecule has 0 radical (unpaired) electrons. The van der Waals surface area contributed by atoms with Gasteiger partial charge in [0.05, 0.1) is 24.4 Å². The van der Waals surface area contributed by atoms with E-state index < -0.39 is 0 Å². The molecule has 6 nitrogen and oxygen atoms in total. The Labute approximate surface area is 145 Å². The smallest absolute Gasteiger partial charge is 0.295 e. The predicted molar refractivity (Wildman–Crippen MR) is 100 cm³/mol. The van der Waals surface area contributed by atoms with E-state index in [1.807, 2.05) is 48.5 Å². The third kappa shape index (κ3) is 3.42. The monoisotopic (exact) mass is 334 g/mol. The molecule has 2 aromatic carbocycles. The van der Waals surface area contributed by atoms with Crippen LogP contribution in [0.5, 0.6) is 5.75 Å². The molecule has 0 aliphatic rings. The summed E-state index contributed by atoms with van der Waals surface area (Å²) in [4.78, 5) is 17.0. The first-order valence-corrected chi connectivity index (χ1v) is 7.77. The normalized spacial score (nSPS) is 10.9. The van der Waals surface area contributed by atoms with Crippen LogP contribution in [0.4, 0.5) is 5.82 Å². The predicted octanol–water partition coefficient (Wildman–Crippen LogP) is 3.04. The number of nitrogens with one attached hydrogen (secondary N) is 1. The molecule has 25 heavy (non-hydrogen) atoms. The maximum Gasteiger partial charge on any atom is 0.295 e. The molecule has 0 saturated heterocycles. The van der Waals surface area contributed by atoms with E-state index in [-0.39, 0.29) is 11.4 Å². The van der Waals surface area contributed by atoms with Crippen molar-refractivity contribution in [3.05, 3.63) is 77.1 Å². The van der Waals surface area contributed by atoms with Crippen molar-refractivity contribution in [1.29, 1.82) is 0 Å². The van der Waals surface area contributed by atoms with Crippen molar-refractivity contribution in [2.75, 3.05) is 12.5 Å². The molecule has 1 heterocycles. The van der Waals surface area contributed by atoms with Crippen molar-refractivity contribution in [3.8, 4) is 5.75 Å². The summed E-state index contributed by atoms with van der Waals surface area (Å²) in [6, 6.07) is 14.9. The lowest BCUT2D eigenvalue weighted by molar-refractivity contribution is 0.414. The van der Waals surface area contributed by atoms with Gasteiger partial charge in [-0.3, -0.25) is 14.8 Å². The van der Waals surface area contributed by atoms with Gasteiger partial charge in [-0.15, -0.1) is 6.58 Å². The number of ether oxygens (including phenoxy) is 1. The van der Waals surface area contributed by atoms with Crippen molar-refractivity contribution in [3.63, 3.8) is 0 Å². The van der Waals surface area contributed by atoms with Crippen molar-refractivity contribution >= 4 is 23.1 Å². The molecular weight excluding hydrogens is 316 g/mol. The van der Waals surface area contributed by atoms with Crippen LogP contribution >= 0.6 is 0 Å². The number of allylic oxidation sites excluding steroid dienone is 1. The van der Waals surface area contributed by atoms with E-state index in [1.165, 1.54) is 0 Å². The average molecular weight is 334 g/mol. The topological polar surface area (TPSA) is 68.5 Å². The summed E-state index contributed by atoms with van der Waals surface area (Å²) in [7, 11) is 1.60. The number of hydrazone groups is 1. The lowest BCUT2D eigenvalue weighted by Crippen LogP contribution is -2.24. The molecule has 0 atom stereocenters. The largest absolute Gasteiger partial charge is 0.496 e. The molecule has 0 aliphatic carbocycles. The Morgan fingerprint density at radius 3 is 2.80 bits per heavy atom. The molecule has 0 unspecified atom stereocenters. The zero-order valence-electron chi connectivity index (χ0n) is 13.8. The van der Waals surface area contributed by atoms with Crippen LogP contribution in [-0.2, 0) is 6.54 Å². The molecule has 0 amide bonds. The summed E-state index contributed by atoms with van der Waals surface area (Å²) in [6.07, 6.45) is 3.27. The van der Waals surface area contributed by atoms with Crippen molar-refractivity contribution in [2.45, 2.75) is 6.54 Å². The second-order valence-corrected chi connectivity index (χ2v) is 5.27. The molecule has 0 bridgehead atoms. The van der Waals surface area contributed by atoms with Crippen molar-refractivity contribution in [1.82, 2.24) is 9.55 Å². The van der Waals surface area contributed by atoms with Gasteiger partial charge in [-0.2, -0.15) is 5.10 Å². The van der Waals surface area contributed by atoms with E-state index >= 15 is 0 Å². The third-order valence-electron chi connectivity index (χ3n) is 3.68. The third-order valence-corrected chi connectivity index (χ3v) is 3.68. The molecule has 0 aliphatic heterocycles. The number of methoxy groups -OCH3 is 1. The van der Waals surface area contributed by atoms with Crippen LogP contribution < -0.4 is 15.7 Å². The van der Waals surface area contributed by atoms with E-state index in [1.54, 1.807) is 24.0 Å². The van der Waals surface area contributed by atoms with Gasteiger partial charge in [-0.25, -0.2) is 4.98 Å². The molecule has 1 N–H and O–H groups in total. The molecule has 3 rings (SSSR count). The number of hydrogen-bond donors (Lipinski definition) is 1. The Morgan fingerprint density at radius 2 is 2.00 bits per heavy atom. The first-order chi connectivity index (χ1) is 12.2. The van der Waals surface area contributed by atoms with E-state index in [0.717, 1.165) is 11.1 Å². The number of hydrogen-bond acceptors (Lipinski definition) is 5. The molecule has 6 heteroatoms. The number of aromatic nitrogens is 2. The molecule has 0 spiro atoms. The minimum Gasteiger partial charge on any atom is -0.496 e. The molecule has 3 aromatic rings. The number of fused-ring (bicyclic) bond motifs is 1. The Kier molecular flexibility index (Phi) is 4.89. The highest BCUT2D eigenvalue weighted by atomic mass is 16.5. The fourth-order valence-electron chi connectivity index (χ4n) is 2.51. The Morgan fingerprint density at radius 1 is 1.24 bits per heavy atom. The minimum absolute atomic E-state index is 0.159. The summed E-state index contributed by atoms with van der Waals surface area (Å²) in [5.41, 5.74) is 4.74. The highest BCUT2D eigenvalue weighted by Crippen LogP contribution is 2.15. The molecule has 0 saturated carbocycles. The summed E-state index contributed by atoms with van der Waals surface area (Å²) < 4.78 is 6.88. The van der Waals surface area contributed by atoms with E-state index in [2.05, 4.69) is 22.1 Å². The van der Waals surface area contributed by atoms with Crippen LogP contribution in [0.15, 0.2) is 71.1 Å². The van der Waals surface area contributed by atoms with Crippen LogP contribution in [-0.4, -0.2) is 22.9 Å². The van der Waals surface area contributed by atoms with E-state index in [9.17, 15) is 4.79 Å². The molecule has 0 fully saturated rings. The highest BCUT2D eigenvalue weighted by molar-refractivity contribution is 5.84. The summed E-state index contributed by atoms with van der Waals surface area (Å²) in [5.74, 6) is 0.857. The Bertz CT molecular complexity index is 992. The second kappa shape index (κ2) is 7.44. The number of benzene rings is 2. The van der Waals surface area contributed by atoms with Gasteiger partial charge < -0.3 is 4.74 Å². The number of anilines is 1. The van der Waals surface area contributed by atoms with Crippen LogP contribution in [0.2, 0.25) is 0 Å². The van der Waals surface area contributed by atoms with E-state index in [0.29, 0.717) is 17.8 Å². The number of nitrogens with zero attached hydrogens (tertiary/aromatic N) is 3. The second-order valence-electron chi connectivity index (χ2n) is 5.27. The zero-order chi connectivity index (χ0) is 17.6. The number of para-hydroxylation sites is 3. The van der Waals surface area contributed by atoms with Gasteiger partial charge in [0.2, 0.25) is 5.82 Å². The summed E-state index contributed by atoms with van der Waals surface area (Å²) in [6.45, 7) is 4.11. The van der Waals surface area contributed by atoms with Gasteiger partial charge in [0.25, 0.3) is 5.56 Å². The van der Waals surface area contributed by atoms with Crippen LogP contribution in [0.25, 0.3) is 11.0 Å². The fraction of sp³-hybridized carbons (Fsp3) is 0.105. The summed E-state index contributed by atoms with van der Waals surface area (Å²) >= 11 is 0. The lowest BCUT2D eigenvalue weighted by Gasteiger charge is -2.10. The Hall–Kier alpha value is -3.41. The van der Waals surface area contributed by atoms with Crippen LogP contribution in [0.3, 0.4) is 0 Å².